The molecule has 0 aromatic carbocycles. The smallest absolute Gasteiger partial charge is 0.477 e. The quantitative estimate of drug-likeness (QED) is 0.0490. The Balaban J connectivity index is 1.73. The van der Waals surface area contributed by atoms with Gasteiger partial charge in [0.1, 0.15) is 49.5 Å². The van der Waals surface area contributed by atoms with Crippen molar-refractivity contribution in [3.05, 3.63) is 22.7 Å². The molecule has 51 heavy (non-hydrogen) atoms. The maximum absolute atomic E-state index is 13.1. The zero-order valence-electron chi connectivity index (χ0n) is 26.7. The summed E-state index contributed by atoms with van der Waals surface area (Å²) in [6, 6.07) is -0.693. The summed E-state index contributed by atoms with van der Waals surface area (Å²) >= 11 is 0. The van der Waals surface area contributed by atoms with Crippen LogP contribution in [0.1, 0.15) is 12.6 Å². The van der Waals surface area contributed by atoms with Gasteiger partial charge < -0.3 is 80.7 Å². The monoisotopic (exact) mass is 761 g/mol. The van der Waals surface area contributed by atoms with E-state index in [0.717, 1.165) is 12.3 Å². The lowest BCUT2D eigenvalue weighted by molar-refractivity contribution is -0.290. The van der Waals surface area contributed by atoms with Crippen LogP contribution in [-0.2, 0) is 46.9 Å². The fraction of sp³-hybridized carbons (Fsp3) is 0.720. The van der Waals surface area contributed by atoms with E-state index in [-0.39, 0.29) is 25.6 Å². The molecule has 2 saturated heterocycles. The van der Waals surface area contributed by atoms with Gasteiger partial charge in [0.15, 0.2) is 12.5 Å². The van der Waals surface area contributed by atoms with Crippen LogP contribution in [0.2, 0.25) is 0 Å². The first kappa shape index (κ1) is 42.0. The Bertz CT molecular complexity index is 1450. The van der Waals surface area contributed by atoms with Crippen LogP contribution in [0.5, 0.6) is 0 Å². The molecule has 11 atom stereocenters. The van der Waals surface area contributed by atoms with Crippen molar-refractivity contribution in [2.45, 2.75) is 67.4 Å². The molecule has 3 rings (SSSR count). The molecule has 26 heteroatoms. The summed E-state index contributed by atoms with van der Waals surface area (Å²) in [5, 5.41) is 76.1. The summed E-state index contributed by atoms with van der Waals surface area (Å²) < 4.78 is 48.5. The van der Waals surface area contributed by atoms with Gasteiger partial charge in [-0.1, -0.05) is 0 Å². The first-order valence-electron chi connectivity index (χ1n) is 14.9. The number of hydrogen-bond acceptors (Lipinski definition) is 20. The second-order valence-corrected chi connectivity index (χ2v) is 12.3. The zero-order chi connectivity index (χ0) is 38.1. The fourth-order valence-electron chi connectivity index (χ4n) is 4.77. The van der Waals surface area contributed by atoms with Crippen molar-refractivity contribution in [1.82, 2.24) is 20.2 Å². The standard InChI is InChI=1S/C25H40N5O20P/c1-44-4-5-45-6-7-46-24(41)27-9-14(34)29-15-11(32)8-25(22(38)39,48-19(15)16(35)12(33)10-31)50-51(42,43)49-21-18(37)17(36)20(47-21)30-3-2-13(26)28-23(30)40/h2-3,11-12,15-21,31-33,35-37H,4-10H2,1H3,(H,27,41)(H,29,34)(H,38,39)(H,42,43)(H2,26,28,40)/t11?,12-,15?,16-,17?,18?,19?,20?,21?,25?/m1/s1. The first-order chi connectivity index (χ1) is 23.9. The number of amides is 2. The van der Waals surface area contributed by atoms with E-state index in [2.05, 4.69) is 15.6 Å². The Hall–Kier alpha value is -3.40. The summed E-state index contributed by atoms with van der Waals surface area (Å²) in [5.74, 6) is -6.88. The van der Waals surface area contributed by atoms with E-state index in [1.807, 2.05) is 0 Å². The Morgan fingerprint density at radius 1 is 1.18 bits per heavy atom. The molecule has 0 saturated carbocycles. The number of aliphatic hydroxyl groups excluding tert-OH is 6. The van der Waals surface area contributed by atoms with Crippen LogP contribution in [0.3, 0.4) is 0 Å². The van der Waals surface area contributed by atoms with E-state index in [4.69, 9.17) is 38.5 Å². The number of aliphatic carboxylic acids is 1. The van der Waals surface area contributed by atoms with Crippen LogP contribution in [0.15, 0.2) is 17.1 Å². The van der Waals surface area contributed by atoms with Gasteiger partial charge in [-0.15, -0.1) is 0 Å². The number of nitrogen functional groups attached to an aromatic ring is 1. The molecule has 2 aliphatic heterocycles. The van der Waals surface area contributed by atoms with Crippen molar-refractivity contribution >= 4 is 31.6 Å². The lowest BCUT2D eigenvalue weighted by Gasteiger charge is -2.46. The van der Waals surface area contributed by atoms with Crippen LogP contribution in [0.25, 0.3) is 0 Å². The number of phosphoric acid groups is 1. The Kier molecular flexibility index (Phi) is 15.1. The molecule has 0 bridgehead atoms. The Labute approximate surface area is 287 Å². The first-order valence-corrected chi connectivity index (χ1v) is 16.4. The minimum absolute atomic E-state index is 0.0138. The molecule has 3 heterocycles. The highest BCUT2D eigenvalue weighted by atomic mass is 31.2. The average Bonchev–Trinajstić information content (AvgIpc) is 3.33. The van der Waals surface area contributed by atoms with Gasteiger partial charge in [0, 0.05) is 19.7 Å². The lowest BCUT2D eigenvalue weighted by Crippen LogP contribution is -2.68. The minimum atomic E-state index is -5.83. The number of rotatable bonds is 18. The number of ether oxygens (including phenoxy) is 5. The summed E-state index contributed by atoms with van der Waals surface area (Å²) in [5.41, 5.74) is 4.36. The van der Waals surface area contributed by atoms with Crippen molar-refractivity contribution in [2.24, 2.45) is 0 Å². The van der Waals surface area contributed by atoms with E-state index in [1.54, 1.807) is 0 Å². The van der Waals surface area contributed by atoms with Crippen LogP contribution in [-0.4, -0.2) is 170 Å². The maximum Gasteiger partial charge on any atom is 0.477 e. The normalized spacial score (nSPS) is 30.2. The van der Waals surface area contributed by atoms with E-state index < -0.39 is 112 Å². The summed E-state index contributed by atoms with van der Waals surface area (Å²) in [7, 11) is -4.36. The summed E-state index contributed by atoms with van der Waals surface area (Å²) in [4.78, 5) is 63.1. The van der Waals surface area contributed by atoms with E-state index in [1.165, 1.54) is 7.11 Å². The molecule has 290 valence electrons. The van der Waals surface area contributed by atoms with Gasteiger partial charge in [0.2, 0.25) is 5.91 Å². The number of nitrogens with zero attached hydrogens (tertiary/aromatic N) is 2. The van der Waals surface area contributed by atoms with Crippen molar-refractivity contribution in [3.63, 3.8) is 0 Å². The van der Waals surface area contributed by atoms with Crippen molar-refractivity contribution < 1.29 is 92.3 Å². The van der Waals surface area contributed by atoms with E-state index in [9.17, 15) is 64.4 Å². The number of carbonyl (C=O) groups excluding carboxylic acids is 2. The van der Waals surface area contributed by atoms with Gasteiger partial charge >= 0.3 is 25.6 Å². The number of nitrogens with one attached hydrogen (secondary N) is 2. The number of carbonyl (C=O) groups is 3. The average molecular weight is 762 g/mol. The topological polar surface area (TPSA) is 380 Å². The van der Waals surface area contributed by atoms with Crippen LogP contribution in [0.4, 0.5) is 10.6 Å². The number of hydrogen-bond donors (Lipinski definition) is 11. The third kappa shape index (κ3) is 11.0. The van der Waals surface area contributed by atoms with Crippen LogP contribution >= 0.6 is 7.82 Å². The second-order valence-electron chi connectivity index (χ2n) is 10.9. The highest BCUT2D eigenvalue weighted by Crippen LogP contribution is 2.53. The lowest BCUT2D eigenvalue weighted by atomic mass is 9.88. The number of aliphatic hydroxyl groups is 6. The van der Waals surface area contributed by atoms with Gasteiger partial charge in [0.25, 0.3) is 5.79 Å². The molecule has 25 nitrogen and oxygen atoms in total. The summed E-state index contributed by atoms with van der Waals surface area (Å²) in [6.07, 6.45) is -18.2. The third-order valence-corrected chi connectivity index (χ3v) is 8.25. The van der Waals surface area contributed by atoms with Crippen molar-refractivity contribution in [1.29, 1.82) is 0 Å². The SMILES string of the molecule is COCCOCCOC(=O)NCC(=O)NC1C(O)CC(OP(=O)(O)OC2OC(n3ccc(N)nc3=O)C(O)C2O)(C(=O)O)OC1[C@H](O)[C@H](O)CO. The number of aromatic nitrogens is 2. The molecule has 2 amide bonds. The number of carboxylic acid groups (broad SMARTS) is 1. The van der Waals surface area contributed by atoms with Crippen LogP contribution < -0.4 is 22.1 Å². The molecule has 2 aliphatic rings. The summed E-state index contributed by atoms with van der Waals surface area (Å²) in [6.45, 7) is -1.59. The predicted octanol–water partition coefficient (Wildman–Crippen LogP) is -5.95. The van der Waals surface area contributed by atoms with Crippen LogP contribution in [0, 0.1) is 0 Å². The highest BCUT2D eigenvalue weighted by molar-refractivity contribution is 7.47. The van der Waals surface area contributed by atoms with Gasteiger partial charge in [0.05, 0.1) is 38.6 Å². The predicted molar refractivity (Wildman–Crippen MR) is 160 cm³/mol. The van der Waals surface area contributed by atoms with Gasteiger partial charge in [-0.3, -0.25) is 13.9 Å². The van der Waals surface area contributed by atoms with Crippen molar-refractivity contribution in [3.8, 4) is 0 Å². The van der Waals surface area contributed by atoms with Gasteiger partial charge in [-0.25, -0.2) is 23.5 Å². The number of anilines is 1. The molecule has 9 unspecified atom stereocenters. The van der Waals surface area contributed by atoms with E-state index in [0.29, 0.717) is 11.2 Å². The minimum Gasteiger partial charge on any atom is -0.477 e. The molecule has 0 radical (unpaired) electrons. The Morgan fingerprint density at radius 2 is 1.86 bits per heavy atom. The Morgan fingerprint density at radius 3 is 2.49 bits per heavy atom. The molecule has 2 fully saturated rings. The maximum atomic E-state index is 13.1. The van der Waals surface area contributed by atoms with Gasteiger partial charge in [-0.2, -0.15) is 4.98 Å². The number of methoxy groups -OCH3 is 1. The van der Waals surface area contributed by atoms with Gasteiger partial charge in [-0.05, 0) is 6.07 Å². The molecular formula is C25H40N5O20P. The second kappa shape index (κ2) is 18.4. The number of carboxylic acids is 1. The third-order valence-electron chi connectivity index (χ3n) is 7.25. The fourth-order valence-corrected chi connectivity index (χ4v) is 5.82. The van der Waals surface area contributed by atoms with E-state index >= 15 is 0 Å². The largest absolute Gasteiger partial charge is 0.477 e. The van der Waals surface area contributed by atoms with Crippen molar-refractivity contribution in [2.75, 3.05) is 52.4 Å². The molecular weight excluding hydrogens is 721 g/mol. The molecule has 1 aromatic heterocycles. The number of phosphoric ester groups is 1. The number of nitrogens with two attached hydrogens (primary N) is 1. The molecule has 1 aromatic rings. The molecule has 0 aliphatic carbocycles. The zero-order valence-corrected chi connectivity index (χ0v) is 27.6. The number of alkyl carbamates (subject to hydrolysis) is 1. The molecule has 0 spiro atoms. The highest BCUT2D eigenvalue weighted by Gasteiger charge is 2.59. The molecule has 12 N–H and O–H groups in total.